The van der Waals surface area contributed by atoms with E-state index in [0.717, 1.165) is 12.1 Å². The maximum Gasteiger partial charge on any atom is 0.461 e. The van der Waals surface area contributed by atoms with Gasteiger partial charge in [0.1, 0.15) is 22.5 Å². The zero-order chi connectivity index (χ0) is 19.5. The maximum atomic E-state index is 13.2. The van der Waals surface area contributed by atoms with Crippen LogP contribution < -0.4 is 10.1 Å². The van der Waals surface area contributed by atoms with E-state index in [9.17, 15) is 27.7 Å². The molecule has 0 amide bonds. The van der Waals surface area contributed by atoms with Gasteiger partial charge in [-0.25, -0.2) is 0 Å². The Labute approximate surface area is 148 Å². The van der Waals surface area contributed by atoms with Crippen LogP contribution in [-0.4, -0.2) is 17.5 Å². The third-order valence-electron chi connectivity index (χ3n) is 3.08. The predicted octanol–water partition coefficient (Wildman–Crippen LogP) is 5.10. The van der Waals surface area contributed by atoms with E-state index in [4.69, 9.17) is 16.9 Å². The van der Waals surface area contributed by atoms with Crippen LogP contribution in [0.4, 0.5) is 34.6 Å². The molecule has 0 bridgehead atoms. The fourth-order valence-corrected chi connectivity index (χ4v) is 2.20. The summed E-state index contributed by atoms with van der Waals surface area (Å²) in [6.45, 7) is 0. The molecule has 0 unspecified atom stereocenters. The van der Waals surface area contributed by atoms with Crippen LogP contribution >= 0.6 is 11.6 Å². The molecule has 2 aromatic rings. The molecule has 2 rings (SSSR count). The lowest BCUT2D eigenvalue weighted by molar-refractivity contribution is -0.383. The molecule has 1 N–H and O–H groups in total. The number of ether oxygens (including phenoxy) is 1. The van der Waals surface area contributed by atoms with Crippen LogP contribution in [0, 0.1) is 21.4 Å². The zero-order valence-electron chi connectivity index (χ0n) is 12.6. The van der Waals surface area contributed by atoms with Gasteiger partial charge in [0, 0.05) is 0 Å². The van der Waals surface area contributed by atoms with Crippen molar-refractivity contribution >= 4 is 28.7 Å². The smallest absolute Gasteiger partial charge is 0.426 e. The van der Waals surface area contributed by atoms with Crippen molar-refractivity contribution in [2.45, 2.75) is 12.5 Å². The Hall–Kier alpha value is -3.06. The number of nitrogens with one attached hydrogen (secondary N) is 1. The number of alkyl halides is 4. The van der Waals surface area contributed by atoms with E-state index in [1.165, 1.54) is 24.3 Å². The Balaban J connectivity index is 2.46. The average Bonchev–Trinajstić information content (AvgIpc) is 2.56. The second-order valence-electron chi connectivity index (χ2n) is 4.78. The summed E-state index contributed by atoms with van der Waals surface area (Å²) in [5.41, 5.74) is -1.33. The first kappa shape index (κ1) is 19.3. The number of benzene rings is 2. The van der Waals surface area contributed by atoms with Crippen LogP contribution in [0.3, 0.4) is 0 Å². The molecule has 6 nitrogen and oxygen atoms in total. The minimum Gasteiger partial charge on any atom is -0.426 e. The first-order chi connectivity index (χ1) is 12.2. The van der Waals surface area contributed by atoms with Gasteiger partial charge in [-0.05, 0) is 24.3 Å². The quantitative estimate of drug-likeness (QED) is 0.422. The van der Waals surface area contributed by atoms with Crippen LogP contribution in [0.15, 0.2) is 36.4 Å². The highest BCUT2D eigenvalue weighted by molar-refractivity contribution is 6.34. The average molecular weight is 390 g/mol. The Morgan fingerprint density at radius 3 is 2.46 bits per heavy atom. The summed E-state index contributed by atoms with van der Waals surface area (Å²) in [4.78, 5) is 10.4. The van der Waals surface area contributed by atoms with Crippen molar-refractivity contribution in [2.75, 3.05) is 5.32 Å². The summed E-state index contributed by atoms with van der Waals surface area (Å²) in [6, 6.07) is 8.76. The van der Waals surface area contributed by atoms with E-state index < -0.39 is 33.9 Å². The Morgan fingerprint density at radius 2 is 1.88 bits per heavy atom. The number of nitrogens with zero attached hydrogens (tertiary/aromatic N) is 2. The van der Waals surface area contributed by atoms with Gasteiger partial charge >= 0.3 is 18.2 Å². The largest absolute Gasteiger partial charge is 0.461 e. The molecule has 0 heterocycles. The van der Waals surface area contributed by atoms with E-state index in [2.05, 4.69) is 10.1 Å². The number of hydrogen-bond donors (Lipinski definition) is 1. The van der Waals surface area contributed by atoms with Crippen LogP contribution in [0.2, 0.25) is 5.02 Å². The second kappa shape index (κ2) is 7.45. The number of nitro benzene ring substituents is 1. The summed E-state index contributed by atoms with van der Waals surface area (Å²) >= 11 is 5.81. The molecule has 0 saturated carbocycles. The lowest BCUT2D eigenvalue weighted by Crippen LogP contribution is -2.33. The van der Waals surface area contributed by atoms with E-state index in [0.29, 0.717) is 0 Å². The van der Waals surface area contributed by atoms with Gasteiger partial charge in [0.05, 0.1) is 16.2 Å². The molecule has 0 fully saturated rings. The molecule has 11 heteroatoms. The summed E-state index contributed by atoms with van der Waals surface area (Å²) in [6.07, 6.45) is -8.83. The van der Waals surface area contributed by atoms with Crippen LogP contribution in [0.1, 0.15) is 5.56 Å². The van der Waals surface area contributed by atoms with Crippen LogP contribution in [0.5, 0.6) is 5.75 Å². The molecule has 0 radical (unpaired) electrons. The van der Waals surface area contributed by atoms with Gasteiger partial charge < -0.3 is 10.1 Å². The van der Waals surface area contributed by atoms with E-state index in [1.807, 2.05) is 0 Å². The second-order valence-corrected chi connectivity index (χ2v) is 5.16. The topological polar surface area (TPSA) is 88.2 Å². The molecule has 0 atom stereocenters. The lowest BCUT2D eigenvalue weighted by atomic mass is 10.1. The maximum absolute atomic E-state index is 13.2. The zero-order valence-corrected chi connectivity index (χ0v) is 13.3. The Bertz CT molecular complexity index is 887. The normalized spacial score (nSPS) is 11.1. The first-order valence-corrected chi connectivity index (χ1v) is 7.13. The van der Waals surface area contributed by atoms with Crippen molar-refractivity contribution in [3.05, 3.63) is 57.1 Å². The van der Waals surface area contributed by atoms with Crippen LogP contribution in [0.25, 0.3) is 0 Å². The Morgan fingerprint density at radius 1 is 1.23 bits per heavy atom. The van der Waals surface area contributed by atoms with Crippen molar-refractivity contribution in [2.24, 2.45) is 0 Å². The molecule has 2 aromatic carbocycles. The van der Waals surface area contributed by atoms with Crippen molar-refractivity contribution in [3.8, 4) is 11.8 Å². The molecular formula is C15H8ClF4N3O3. The molecule has 0 aromatic heterocycles. The number of anilines is 2. The SMILES string of the molecule is N#Cc1ccc(Nc2ccccc2OC(F)(F)C(F)F)c([N+](=O)[O-])c1Cl. The molecular weight excluding hydrogens is 382 g/mol. The monoisotopic (exact) mass is 389 g/mol. The van der Waals surface area contributed by atoms with Crippen molar-refractivity contribution in [1.29, 1.82) is 5.26 Å². The molecule has 0 aliphatic carbocycles. The minimum absolute atomic E-state index is 0.169. The molecule has 136 valence electrons. The fraction of sp³-hybridized carbons (Fsp3) is 0.133. The number of rotatable bonds is 6. The molecule has 0 spiro atoms. The highest BCUT2D eigenvalue weighted by Gasteiger charge is 2.44. The number of nitriles is 1. The van der Waals surface area contributed by atoms with Gasteiger partial charge in [-0.15, -0.1) is 0 Å². The highest BCUT2D eigenvalue weighted by Crippen LogP contribution is 2.39. The van der Waals surface area contributed by atoms with E-state index in [1.54, 1.807) is 6.07 Å². The van der Waals surface area contributed by atoms with Gasteiger partial charge in [0.15, 0.2) is 0 Å². The summed E-state index contributed by atoms with van der Waals surface area (Å²) in [5, 5.41) is 22.1. The number of nitro groups is 1. The molecule has 0 aliphatic heterocycles. The van der Waals surface area contributed by atoms with Gasteiger partial charge in [-0.2, -0.15) is 22.8 Å². The van der Waals surface area contributed by atoms with Gasteiger partial charge in [-0.1, -0.05) is 23.7 Å². The van der Waals surface area contributed by atoms with Crippen molar-refractivity contribution in [1.82, 2.24) is 0 Å². The van der Waals surface area contributed by atoms with Gasteiger partial charge in [0.25, 0.3) is 0 Å². The summed E-state index contributed by atoms with van der Waals surface area (Å²) < 4.78 is 55.0. The molecule has 0 saturated heterocycles. The summed E-state index contributed by atoms with van der Waals surface area (Å²) in [5.74, 6) is -0.660. The third kappa shape index (κ3) is 3.94. The van der Waals surface area contributed by atoms with Gasteiger partial charge in [0.2, 0.25) is 0 Å². The minimum atomic E-state index is -4.76. The highest BCUT2D eigenvalue weighted by atomic mass is 35.5. The number of hydrogen-bond acceptors (Lipinski definition) is 5. The lowest BCUT2D eigenvalue weighted by Gasteiger charge is -2.19. The predicted molar refractivity (Wildman–Crippen MR) is 84.1 cm³/mol. The molecule has 0 aliphatic rings. The van der Waals surface area contributed by atoms with Crippen LogP contribution in [-0.2, 0) is 0 Å². The third-order valence-corrected chi connectivity index (χ3v) is 3.46. The first-order valence-electron chi connectivity index (χ1n) is 6.75. The fourth-order valence-electron chi connectivity index (χ4n) is 1.93. The van der Waals surface area contributed by atoms with Crippen molar-refractivity contribution in [3.63, 3.8) is 0 Å². The summed E-state index contributed by atoms with van der Waals surface area (Å²) in [7, 11) is 0. The van der Waals surface area contributed by atoms with Gasteiger partial charge in [-0.3, -0.25) is 10.1 Å². The standard InChI is InChI=1S/C15H8ClF4N3O3/c16-12-8(7-21)5-6-10(13(12)23(24)25)22-9-3-1-2-4-11(9)26-15(19,20)14(17)18/h1-6,14,22H. The van der Waals surface area contributed by atoms with Crippen molar-refractivity contribution < 1.29 is 27.2 Å². The van der Waals surface area contributed by atoms with E-state index >= 15 is 0 Å². The van der Waals surface area contributed by atoms with E-state index in [-0.39, 0.29) is 16.9 Å². The Kier molecular flexibility index (Phi) is 5.52. The number of para-hydroxylation sites is 2. The molecule has 26 heavy (non-hydrogen) atoms. The number of halogens is 5.